The van der Waals surface area contributed by atoms with Gasteiger partial charge < -0.3 is 14.8 Å². The average Bonchev–Trinajstić information content (AvgIpc) is 3.22. The van der Waals surface area contributed by atoms with E-state index in [0.717, 1.165) is 16.6 Å². The molecule has 0 saturated carbocycles. The minimum absolute atomic E-state index is 0.194. The molecule has 0 saturated heterocycles. The Hall–Kier alpha value is -4.13. The van der Waals surface area contributed by atoms with Crippen LogP contribution in [0.1, 0.15) is 24.1 Å². The summed E-state index contributed by atoms with van der Waals surface area (Å²) in [6, 6.07) is 20.6. The molecule has 5 rings (SSSR count). The highest BCUT2D eigenvalue weighted by Gasteiger charge is 2.37. The number of anilines is 1. The second-order valence-electron chi connectivity index (χ2n) is 7.58. The number of aromatic nitrogens is 2. The fourth-order valence-corrected chi connectivity index (χ4v) is 4.24. The molecule has 0 radical (unpaired) electrons. The van der Waals surface area contributed by atoms with Crippen molar-refractivity contribution in [1.82, 2.24) is 9.55 Å². The van der Waals surface area contributed by atoms with Gasteiger partial charge in [-0.15, -0.1) is 0 Å². The molecule has 1 aliphatic rings. The molecule has 3 aromatic carbocycles. The zero-order chi connectivity index (χ0) is 22.9. The minimum atomic E-state index is -0.772. The minimum Gasteiger partial charge on any atom is -0.497 e. The van der Waals surface area contributed by atoms with E-state index in [1.807, 2.05) is 53.1 Å². The summed E-state index contributed by atoms with van der Waals surface area (Å²) in [6.07, 6.45) is 0. The highest BCUT2D eigenvalue weighted by Crippen LogP contribution is 2.43. The zero-order valence-electron chi connectivity index (χ0n) is 18.2. The van der Waals surface area contributed by atoms with Gasteiger partial charge in [0.1, 0.15) is 11.6 Å². The van der Waals surface area contributed by atoms with E-state index in [1.165, 1.54) is 6.07 Å². The maximum atomic E-state index is 15.2. The van der Waals surface area contributed by atoms with Gasteiger partial charge in [0.25, 0.3) is 0 Å². The smallest absolute Gasteiger partial charge is 0.338 e. The molecule has 33 heavy (non-hydrogen) atoms. The van der Waals surface area contributed by atoms with Crippen molar-refractivity contribution >= 4 is 28.6 Å². The molecule has 1 atom stereocenters. The van der Waals surface area contributed by atoms with Gasteiger partial charge in [-0.05, 0) is 55.0 Å². The second-order valence-corrected chi connectivity index (χ2v) is 7.58. The third kappa shape index (κ3) is 3.51. The first kappa shape index (κ1) is 20.8. The van der Waals surface area contributed by atoms with Crippen LogP contribution >= 0.6 is 0 Å². The molecule has 2 heterocycles. The number of carbonyl (C=O) groups is 1. The first-order chi connectivity index (χ1) is 16.1. The van der Waals surface area contributed by atoms with Gasteiger partial charge in [-0.25, -0.2) is 14.2 Å². The van der Waals surface area contributed by atoms with Gasteiger partial charge in [0.05, 0.1) is 42.1 Å². The Morgan fingerprint density at radius 3 is 2.52 bits per heavy atom. The Kier molecular flexibility index (Phi) is 5.30. The molecular weight excluding hydrogens is 421 g/mol. The highest BCUT2D eigenvalue weighted by molar-refractivity contribution is 6.03. The Bertz CT molecular complexity index is 1380. The van der Waals surface area contributed by atoms with Gasteiger partial charge in [0, 0.05) is 5.56 Å². The molecule has 1 unspecified atom stereocenters. The van der Waals surface area contributed by atoms with Crippen molar-refractivity contribution in [3.63, 3.8) is 0 Å². The molecule has 0 fully saturated rings. The highest BCUT2D eigenvalue weighted by atomic mass is 19.1. The third-order valence-electron chi connectivity index (χ3n) is 5.71. The van der Waals surface area contributed by atoms with Crippen LogP contribution in [0.15, 0.2) is 78.4 Å². The molecule has 166 valence electrons. The van der Waals surface area contributed by atoms with Crippen molar-refractivity contribution in [2.75, 3.05) is 19.0 Å². The molecule has 0 amide bonds. The number of benzene rings is 3. The summed E-state index contributed by atoms with van der Waals surface area (Å²) in [6.45, 7) is 1.94. The molecule has 0 spiro atoms. The van der Waals surface area contributed by atoms with E-state index in [9.17, 15) is 4.79 Å². The van der Waals surface area contributed by atoms with Gasteiger partial charge in [0.15, 0.2) is 0 Å². The lowest BCUT2D eigenvalue weighted by molar-refractivity contribution is -0.138. The number of hydrogen-bond donors (Lipinski definition) is 1. The molecule has 4 aromatic rings. The summed E-state index contributed by atoms with van der Waals surface area (Å²) in [5, 5.41) is 3.32. The van der Waals surface area contributed by atoms with Crippen LogP contribution in [0.25, 0.3) is 16.7 Å². The molecule has 7 heteroatoms. The summed E-state index contributed by atoms with van der Waals surface area (Å²) >= 11 is 0. The van der Waals surface area contributed by atoms with E-state index in [4.69, 9.17) is 14.5 Å². The number of imidazole rings is 1. The van der Waals surface area contributed by atoms with Gasteiger partial charge in [0.2, 0.25) is 5.95 Å². The van der Waals surface area contributed by atoms with Crippen LogP contribution in [-0.2, 0) is 9.53 Å². The summed E-state index contributed by atoms with van der Waals surface area (Å²) < 4.78 is 27.8. The molecular formula is C26H22FN3O3. The summed E-state index contributed by atoms with van der Waals surface area (Å²) in [5.74, 6) is 0.269. The zero-order valence-corrected chi connectivity index (χ0v) is 18.2. The summed E-state index contributed by atoms with van der Waals surface area (Å²) in [4.78, 5) is 18.1. The largest absolute Gasteiger partial charge is 0.497 e. The number of nitrogens with one attached hydrogen (secondary N) is 1. The van der Waals surface area contributed by atoms with Crippen LogP contribution in [0, 0.1) is 5.82 Å². The number of methoxy groups -OCH3 is 1. The Morgan fingerprint density at radius 2 is 1.79 bits per heavy atom. The number of carbonyl (C=O) groups excluding carboxylic acids is 1. The van der Waals surface area contributed by atoms with Crippen molar-refractivity contribution in [1.29, 1.82) is 0 Å². The molecule has 1 N–H and O–H groups in total. The van der Waals surface area contributed by atoms with Gasteiger partial charge >= 0.3 is 5.97 Å². The van der Waals surface area contributed by atoms with Crippen molar-refractivity contribution in [2.24, 2.45) is 0 Å². The third-order valence-corrected chi connectivity index (χ3v) is 5.71. The Morgan fingerprint density at radius 1 is 1.06 bits per heavy atom. The molecule has 1 aliphatic heterocycles. The first-order valence-corrected chi connectivity index (χ1v) is 10.7. The maximum absolute atomic E-state index is 15.2. The lowest BCUT2D eigenvalue weighted by Crippen LogP contribution is -2.29. The van der Waals surface area contributed by atoms with Crippen LogP contribution < -0.4 is 10.1 Å². The van der Waals surface area contributed by atoms with Gasteiger partial charge in [-0.2, -0.15) is 0 Å². The number of halogens is 1. The van der Waals surface area contributed by atoms with Crippen molar-refractivity contribution in [2.45, 2.75) is 13.0 Å². The van der Waals surface area contributed by atoms with E-state index < -0.39 is 17.8 Å². The summed E-state index contributed by atoms with van der Waals surface area (Å²) in [7, 11) is 1.59. The Balaban J connectivity index is 1.83. The number of ether oxygens (including phenoxy) is 2. The van der Waals surface area contributed by atoms with Gasteiger partial charge in [-0.1, -0.05) is 30.3 Å². The quantitative estimate of drug-likeness (QED) is 0.431. The predicted molar refractivity (Wildman–Crippen MR) is 124 cm³/mol. The monoisotopic (exact) mass is 443 g/mol. The predicted octanol–water partition coefficient (Wildman–Crippen LogP) is 5.17. The normalized spacial score (nSPS) is 15.2. The van der Waals surface area contributed by atoms with Crippen molar-refractivity contribution < 1.29 is 18.7 Å². The number of rotatable bonds is 5. The number of hydrogen-bond acceptors (Lipinski definition) is 5. The van der Waals surface area contributed by atoms with E-state index in [-0.39, 0.29) is 6.61 Å². The van der Waals surface area contributed by atoms with E-state index in [1.54, 1.807) is 32.2 Å². The Labute approximate surface area is 190 Å². The number of esters is 1. The fourth-order valence-electron chi connectivity index (χ4n) is 4.24. The van der Waals surface area contributed by atoms with Crippen LogP contribution in [0.3, 0.4) is 0 Å². The van der Waals surface area contributed by atoms with Crippen LogP contribution in [0.2, 0.25) is 0 Å². The number of para-hydroxylation sites is 2. The number of nitrogens with zero attached hydrogens (tertiary/aromatic N) is 2. The average molecular weight is 443 g/mol. The van der Waals surface area contributed by atoms with Crippen molar-refractivity contribution in [3.05, 3.63) is 95.3 Å². The molecule has 6 nitrogen and oxygen atoms in total. The first-order valence-electron chi connectivity index (χ1n) is 10.7. The van der Waals surface area contributed by atoms with Crippen LogP contribution in [0.5, 0.6) is 5.75 Å². The molecule has 0 bridgehead atoms. The van der Waals surface area contributed by atoms with E-state index >= 15 is 4.39 Å². The van der Waals surface area contributed by atoms with E-state index in [0.29, 0.717) is 28.5 Å². The fraction of sp³-hybridized carbons (Fsp3) is 0.154. The maximum Gasteiger partial charge on any atom is 0.338 e. The van der Waals surface area contributed by atoms with Crippen molar-refractivity contribution in [3.8, 4) is 5.75 Å². The van der Waals surface area contributed by atoms with Crippen LogP contribution in [-0.4, -0.2) is 29.2 Å². The SMILES string of the molecule is CCOC(=O)C1=C(c2ccc(OC)cc2)Nc2nc3ccccc3n2C1c1ccccc1F. The molecule has 1 aromatic heterocycles. The molecule has 0 aliphatic carbocycles. The standard InChI is InChI=1S/C26H22FN3O3/c1-3-33-25(31)22-23(16-12-14-17(32-2)15-13-16)29-26-28-20-10-6-7-11-21(20)30(26)24(22)18-8-4-5-9-19(18)27/h4-15,24H,3H2,1-2H3,(H,28,29). The second kappa shape index (κ2) is 8.43. The van der Waals surface area contributed by atoms with E-state index in [2.05, 4.69) is 5.32 Å². The summed E-state index contributed by atoms with van der Waals surface area (Å²) in [5.41, 5.74) is 3.44. The van der Waals surface area contributed by atoms with Crippen LogP contribution in [0.4, 0.5) is 10.3 Å². The lowest BCUT2D eigenvalue weighted by atomic mass is 9.92. The number of fused-ring (bicyclic) bond motifs is 3. The topological polar surface area (TPSA) is 65.4 Å². The lowest BCUT2D eigenvalue weighted by Gasteiger charge is -2.31. The van der Waals surface area contributed by atoms with Gasteiger partial charge in [-0.3, -0.25) is 4.57 Å².